The quantitative estimate of drug-likeness (QED) is 0.875. The molecule has 1 fully saturated rings. The maximum absolute atomic E-state index is 12.8. The van der Waals surface area contributed by atoms with Crippen LogP contribution in [0.2, 0.25) is 0 Å². The molecule has 2 heterocycles. The van der Waals surface area contributed by atoms with E-state index in [1.807, 2.05) is 24.3 Å². The van der Waals surface area contributed by atoms with Crippen molar-refractivity contribution in [2.45, 2.75) is 31.2 Å². The number of ether oxygens (including phenoxy) is 2. The molecular formula is C17H19N5O3. The van der Waals surface area contributed by atoms with Gasteiger partial charge in [0.1, 0.15) is 12.1 Å². The molecule has 1 aromatic heterocycles. The van der Waals surface area contributed by atoms with Crippen LogP contribution >= 0.6 is 0 Å². The maximum atomic E-state index is 12.8. The Morgan fingerprint density at radius 3 is 2.92 bits per heavy atom. The second-order valence-corrected chi connectivity index (χ2v) is 6.32. The van der Waals surface area contributed by atoms with Gasteiger partial charge in [0.05, 0.1) is 12.7 Å². The molecular weight excluding hydrogens is 322 g/mol. The van der Waals surface area contributed by atoms with E-state index in [-0.39, 0.29) is 12.5 Å². The van der Waals surface area contributed by atoms with E-state index in [9.17, 15) is 4.79 Å². The number of aromatic nitrogens is 4. The minimum absolute atomic E-state index is 0.167. The van der Waals surface area contributed by atoms with Crippen LogP contribution in [0.1, 0.15) is 37.1 Å². The van der Waals surface area contributed by atoms with Gasteiger partial charge in [-0.15, -0.1) is 10.2 Å². The number of nitrogens with one attached hydrogen (secondary N) is 2. The van der Waals surface area contributed by atoms with Gasteiger partial charge in [-0.25, -0.2) is 0 Å². The first kappa shape index (κ1) is 15.6. The van der Waals surface area contributed by atoms with Gasteiger partial charge in [-0.05, 0) is 25.0 Å². The van der Waals surface area contributed by atoms with Gasteiger partial charge >= 0.3 is 0 Å². The molecule has 1 amide bonds. The largest absolute Gasteiger partial charge is 0.493 e. The predicted octanol–water partition coefficient (Wildman–Crippen LogP) is 1.57. The molecule has 8 nitrogen and oxygen atoms in total. The van der Waals surface area contributed by atoms with E-state index in [0.29, 0.717) is 22.9 Å². The number of hydrogen-bond acceptors (Lipinski definition) is 6. The molecule has 8 heteroatoms. The van der Waals surface area contributed by atoms with Crippen molar-refractivity contribution in [2.75, 3.05) is 13.7 Å². The number of carbonyl (C=O) groups is 1. The van der Waals surface area contributed by atoms with E-state index in [1.54, 1.807) is 7.11 Å². The average molecular weight is 341 g/mol. The third kappa shape index (κ3) is 2.73. The lowest BCUT2D eigenvalue weighted by Crippen LogP contribution is -2.46. The molecule has 2 N–H and O–H groups in total. The van der Waals surface area contributed by atoms with Gasteiger partial charge in [0.15, 0.2) is 17.3 Å². The van der Waals surface area contributed by atoms with Crippen LogP contribution in [0.3, 0.4) is 0 Å². The SMILES string of the molecule is COc1cccc2c1OCC(C(=O)NC1(c3nn[nH]n3)CCCC1)=C2. The Bertz CT molecular complexity index is 810. The maximum Gasteiger partial charge on any atom is 0.251 e. The fraction of sp³-hybridized carbons (Fsp3) is 0.412. The molecule has 2 aromatic rings. The molecule has 2 aliphatic rings. The van der Waals surface area contributed by atoms with Crippen LogP contribution in [0.4, 0.5) is 0 Å². The van der Waals surface area contributed by atoms with Crippen LogP contribution in [0, 0.1) is 0 Å². The monoisotopic (exact) mass is 341 g/mol. The third-order valence-electron chi connectivity index (χ3n) is 4.81. The summed E-state index contributed by atoms with van der Waals surface area (Å²) in [6.45, 7) is 0.196. The number of methoxy groups -OCH3 is 1. The number of carbonyl (C=O) groups excluding carboxylic acids is 1. The molecule has 25 heavy (non-hydrogen) atoms. The number of nitrogens with zero attached hydrogens (tertiary/aromatic N) is 3. The summed E-state index contributed by atoms with van der Waals surface area (Å²) in [5.41, 5.74) is 0.839. The summed E-state index contributed by atoms with van der Waals surface area (Å²) in [5, 5.41) is 17.4. The van der Waals surface area contributed by atoms with Crippen molar-refractivity contribution in [3.05, 3.63) is 35.2 Å². The second kappa shape index (κ2) is 6.19. The summed E-state index contributed by atoms with van der Waals surface area (Å²) in [7, 11) is 1.60. The van der Waals surface area contributed by atoms with Gasteiger partial charge in [0.25, 0.3) is 5.91 Å². The highest BCUT2D eigenvalue weighted by Crippen LogP contribution is 2.38. The Balaban J connectivity index is 1.60. The Morgan fingerprint density at radius 1 is 1.36 bits per heavy atom. The lowest BCUT2D eigenvalue weighted by molar-refractivity contribution is -0.119. The number of rotatable bonds is 4. The van der Waals surface area contributed by atoms with E-state index in [0.717, 1.165) is 31.2 Å². The number of benzene rings is 1. The van der Waals surface area contributed by atoms with E-state index < -0.39 is 5.54 Å². The van der Waals surface area contributed by atoms with Crippen molar-refractivity contribution in [2.24, 2.45) is 0 Å². The Labute approximate surface area is 144 Å². The minimum Gasteiger partial charge on any atom is -0.493 e. The summed E-state index contributed by atoms with van der Waals surface area (Å²) in [6, 6.07) is 5.60. The highest BCUT2D eigenvalue weighted by molar-refractivity contribution is 5.99. The Kier molecular flexibility index (Phi) is 3.87. The molecule has 0 atom stereocenters. The van der Waals surface area contributed by atoms with Gasteiger partial charge < -0.3 is 14.8 Å². The Hall–Kier alpha value is -2.90. The minimum atomic E-state index is -0.556. The summed E-state index contributed by atoms with van der Waals surface area (Å²) in [6.07, 6.45) is 5.48. The normalized spacial score (nSPS) is 18.0. The summed E-state index contributed by atoms with van der Waals surface area (Å²) in [5.74, 6) is 1.69. The van der Waals surface area contributed by atoms with E-state index in [4.69, 9.17) is 9.47 Å². The number of H-pyrrole nitrogens is 1. The van der Waals surface area contributed by atoms with Crippen LogP contribution < -0.4 is 14.8 Å². The smallest absolute Gasteiger partial charge is 0.251 e. The van der Waals surface area contributed by atoms with Crippen molar-refractivity contribution in [1.82, 2.24) is 25.9 Å². The van der Waals surface area contributed by atoms with Crippen molar-refractivity contribution in [3.8, 4) is 11.5 Å². The third-order valence-corrected chi connectivity index (χ3v) is 4.81. The van der Waals surface area contributed by atoms with Crippen molar-refractivity contribution in [3.63, 3.8) is 0 Å². The zero-order chi connectivity index (χ0) is 17.3. The molecule has 0 saturated heterocycles. The van der Waals surface area contributed by atoms with Crippen molar-refractivity contribution >= 4 is 12.0 Å². The number of para-hydroxylation sites is 1. The molecule has 1 aliphatic heterocycles. The molecule has 4 rings (SSSR count). The van der Waals surface area contributed by atoms with Gasteiger partial charge in [-0.1, -0.05) is 30.2 Å². The van der Waals surface area contributed by atoms with Gasteiger partial charge in [0, 0.05) is 5.56 Å². The van der Waals surface area contributed by atoms with E-state index >= 15 is 0 Å². The predicted molar refractivity (Wildman–Crippen MR) is 88.9 cm³/mol. The number of aromatic amines is 1. The molecule has 0 unspecified atom stereocenters. The summed E-state index contributed by atoms with van der Waals surface area (Å²) >= 11 is 0. The molecule has 1 aromatic carbocycles. The topological polar surface area (TPSA) is 102 Å². The Morgan fingerprint density at radius 2 is 2.20 bits per heavy atom. The first-order valence-corrected chi connectivity index (χ1v) is 8.29. The number of amides is 1. The van der Waals surface area contributed by atoms with Gasteiger partial charge in [-0.3, -0.25) is 4.79 Å². The van der Waals surface area contributed by atoms with Crippen LogP contribution in [0.5, 0.6) is 11.5 Å². The molecule has 0 bridgehead atoms. The van der Waals surface area contributed by atoms with Crippen LogP contribution in [-0.4, -0.2) is 40.2 Å². The molecule has 1 aliphatic carbocycles. The first-order chi connectivity index (χ1) is 12.2. The second-order valence-electron chi connectivity index (χ2n) is 6.32. The zero-order valence-electron chi connectivity index (χ0n) is 13.9. The number of hydrogen-bond donors (Lipinski definition) is 2. The number of fused-ring (bicyclic) bond motifs is 1. The van der Waals surface area contributed by atoms with E-state index in [1.165, 1.54) is 0 Å². The standard InChI is InChI=1S/C17H19N5O3/c1-24-13-6-4-5-11-9-12(10-25-14(11)13)15(23)18-17(7-2-3-8-17)16-19-21-22-20-16/h4-6,9H,2-3,7-8,10H2,1H3,(H,18,23)(H,19,20,21,22). The van der Waals surface area contributed by atoms with Crippen LogP contribution in [0.15, 0.2) is 23.8 Å². The fourth-order valence-corrected chi connectivity index (χ4v) is 3.52. The van der Waals surface area contributed by atoms with Gasteiger partial charge in [0.2, 0.25) is 0 Å². The first-order valence-electron chi connectivity index (χ1n) is 8.29. The molecule has 130 valence electrons. The summed E-state index contributed by atoms with van der Waals surface area (Å²) < 4.78 is 11.1. The zero-order valence-corrected chi connectivity index (χ0v) is 13.9. The number of tetrazole rings is 1. The van der Waals surface area contributed by atoms with Crippen molar-refractivity contribution in [1.29, 1.82) is 0 Å². The molecule has 1 saturated carbocycles. The van der Waals surface area contributed by atoms with E-state index in [2.05, 4.69) is 25.9 Å². The lowest BCUT2D eigenvalue weighted by atomic mass is 9.95. The van der Waals surface area contributed by atoms with Crippen molar-refractivity contribution < 1.29 is 14.3 Å². The summed E-state index contributed by atoms with van der Waals surface area (Å²) in [4.78, 5) is 12.8. The lowest BCUT2D eigenvalue weighted by Gasteiger charge is -2.28. The highest BCUT2D eigenvalue weighted by atomic mass is 16.5. The van der Waals surface area contributed by atoms with Crippen LogP contribution in [0.25, 0.3) is 6.08 Å². The molecule has 0 spiro atoms. The van der Waals surface area contributed by atoms with Crippen LogP contribution in [-0.2, 0) is 10.3 Å². The average Bonchev–Trinajstić information content (AvgIpc) is 3.33. The fourth-order valence-electron chi connectivity index (χ4n) is 3.52. The molecule has 0 radical (unpaired) electrons. The highest BCUT2D eigenvalue weighted by Gasteiger charge is 2.41. The van der Waals surface area contributed by atoms with Gasteiger partial charge in [-0.2, -0.15) is 5.21 Å².